The van der Waals surface area contributed by atoms with E-state index in [9.17, 15) is 9.59 Å². The zero-order valence-corrected chi connectivity index (χ0v) is 17.3. The second kappa shape index (κ2) is 11.1. The number of hydrogen-bond acceptors (Lipinski definition) is 5. The standard InChI is InChI=1S/C22H29N3O4/c1-5-28-18-13-12-17(14-19(18)29-6-2)15(3)24-20(16-10-8-7-9-11-16)21(26)25-22(27)23-4/h7-15,20,24H,5-6H2,1-4H3,(H2,23,25,26,27)/t15-,20+/m0/s1. The first-order valence-corrected chi connectivity index (χ1v) is 9.73. The molecular weight excluding hydrogens is 370 g/mol. The second-order valence-corrected chi connectivity index (χ2v) is 6.37. The van der Waals surface area contributed by atoms with Gasteiger partial charge in [-0.2, -0.15) is 0 Å². The minimum absolute atomic E-state index is 0.189. The number of imide groups is 1. The summed E-state index contributed by atoms with van der Waals surface area (Å²) in [5, 5.41) is 8.06. The van der Waals surface area contributed by atoms with Gasteiger partial charge in [-0.15, -0.1) is 0 Å². The van der Waals surface area contributed by atoms with E-state index in [1.165, 1.54) is 7.05 Å². The molecule has 0 unspecified atom stereocenters. The smallest absolute Gasteiger partial charge is 0.321 e. The number of hydrogen-bond donors (Lipinski definition) is 3. The normalized spacial score (nSPS) is 12.6. The fourth-order valence-electron chi connectivity index (χ4n) is 2.90. The van der Waals surface area contributed by atoms with E-state index in [4.69, 9.17) is 9.47 Å². The minimum atomic E-state index is -0.703. The van der Waals surface area contributed by atoms with E-state index in [0.29, 0.717) is 24.7 Å². The third kappa shape index (κ3) is 6.22. The Bertz CT molecular complexity index is 811. The van der Waals surface area contributed by atoms with Crippen LogP contribution in [-0.2, 0) is 4.79 Å². The van der Waals surface area contributed by atoms with Gasteiger partial charge >= 0.3 is 6.03 Å². The third-order valence-corrected chi connectivity index (χ3v) is 4.34. The van der Waals surface area contributed by atoms with Crippen molar-refractivity contribution < 1.29 is 19.1 Å². The summed E-state index contributed by atoms with van der Waals surface area (Å²) < 4.78 is 11.3. The van der Waals surface area contributed by atoms with Crippen molar-refractivity contribution in [1.82, 2.24) is 16.0 Å². The fourth-order valence-corrected chi connectivity index (χ4v) is 2.90. The molecule has 2 aromatic rings. The number of benzene rings is 2. The maximum atomic E-state index is 12.7. The maximum Gasteiger partial charge on any atom is 0.321 e. The summed E-state index contributed by atoms with van der Waals surface area (Å²) >= 11 is 0. The van der Waals surface area contributed by atoms with Gasteiger partial charge in [0.25, 0.3) is 0 Å². The van der Waals surface area contributed by atoms with Gasteiger partial charge in [0.2, 0.25) is 5.91 Å². The topological polar surface area (TPSA) is 88.7 Å². The van der Waals surface area contributed by atoms with Gasteiger partial charge in [-0.25, -0.2) is 4.79 Å². The quantitative estimate of drug-likeness (QED) is 0.602. The molecule has 3 amide bonds. The van der Waals surface area contributed by atoms with Crippen molar-refractivity contribution in [3.63, 3.8) is 0 Å². The molecule has 7 heteroatoms. The SMILES string of the molecule is CCOc1ccc([C@H](C)N[C@@H](C(=O)NC(=O)NC)c2ccccc2)cc1OCC. The highest BCUT2D eigenvalue weighted by molar-refractivity contribution is 5.97. The molecule has 0 aliphatic heterocycles. The van der Waals surface area contributed by atoms with Crippen molar-refractivity contribution in [2.75, 3.05) is 20.3 Å². The predicted molar refractivity (Wildman–Crippen MR) is 112 cm³/mol. The van der Waals surface area contributed by atoms with Gasteiger partial charge in [-0.1, -0.05) is 36.4 Å². The Balaban J connectivity index is 2.27. The molecule has 2 aromatic carbocycles. The number of nitrogens with one attached hydrogen (secondary N) is 3. The molecule has 156 valence electrons. The molecule has 7 nitrogen and oxygen atoms in total. The van der Waals surface area contributed by atoms with Crippen molar-refractivity contribution in [3.05, 3.63) is 59.7 Å². The van der Waals surface area contributed by atoms with E-state index in [1.807, 2.05) is 69.3 Å². The van der Waals surface area contributed by atoms with Gasteiger partial charge in [0.1, 0.15) is 6.04 Å². The summed E-state index contributed by atoms with van der Waals surface area (Å²) in [7, 11) is 1.46. The lowest BCUT2D eigenvalue weighted by Gasteiger charge is -2.24. The second-order valence-electron chi connectivity index (χ2n) is 6.37. The van der Waals surface area contributed by atoms with Crippen LogP contribution in [0.4, 0.5) is 4.79 Å². The van der Waals surface area contributed by atoms with Crippen LogP contribution in [0.25, 0.3) is 0 Å². The van der Waals surface area contributed by atoms with Gasteiger partial charge in [-0.3, -0.25) is 15.4 Å². The molecule has 0 saturated carbocycles. The lowest BCUT2D eigenvalue weighted by molar-refractivity contribution is -0.122. The molecule has 0 heterocycles. The molecule has 2 atom stereocenters. The Kier molecular flexibility index (Phi) is 8.48. The Morgan fingerprint density at radius 1 is 0.931 bits per heavy atom. The van der Waals surface area contributed by atoms with Crippen LogP contribution in [0.5, 0.6) is 11.5 Å². The van der Waals surface area contributed by atoms with Gasteiger partial charge < -0.3 is 14.8 Å². The van der Waals surface area contributed by atoms with Crippen molar-refractivity contribution in [2.45, 2.75) is 32.9 Å². The van der Waals surface area contributed by atoms with Crippen molar-refractivity contribution in [3.8, 4) is 11.5 Å². The number of ether oxygens (including phenoxy) is 2. The Hall–Kier alpha value is -3.06. The van der Waals surface area contributed by atoms with E-state index in [-0.39, 0.29) is 6.04 Å². The van der Waals surface area contributed by atoms with Crippen LogP contribution in [0.2, 0.25) is 0 Å². The Morgan fingerprint density at radius 2 is 1.59 bits per heavy atom. The molecule has 0 fully saturated rings. The average molecular weight is 399 g/mol. The van der Waals surface area contributed by atoms with Crippen molar-refractivity contribution in [1.29, 1.82) is 0 Å². The zero-order valence-electron chi connectivity index (χ0n) is 17.3. The van der Waals surface area contributed by atoms with Gasteiger partial charge in [0, 0.05) is 13.1 Å². The maximum absolute atomic E-state index is 12.7. The van der Waals surface area contributed by atoms with Crippen molar-refractivity contribution >= 4 is 11.9 Å². The molecule has 29 heavy (non-hydrogen) atoms. The molecule has 0 spiro atoms. The highest BCUT2D eigenvalue weighted by Gasteiger charge is 2.24. The van der Waals surface area contributed by atoms with E-state index < -0.39 is 18.0 Å². The summed E-state index contributed by atoms with van der Waals surface area (Å²) in [5.41, 5.74) is 1.70. The summed E-state index contributed by atoms with van der Waals surface area (Å²) in [6, 6.07) is 13.5. The number of carbonyl (C=O) groups is 2. The van der Waals surface area contributed by atoms with E-state index in [1.54, 1.807) is 0 Å². The van der Waals surface area contributed by atoms with Gasteiger partial charge in [0.15, 0.2) is 11.5 Å². The van der Waals surface area contributed by atoms with E-state index in [0.717, 1.165) is 11.1 Å². The number of carbonyl (C=O) groups excluding carboxylic acids is 2. The zero-order chi connectivity index (χ0) is 21.2. The Morgan fingerprint density at radius 3 is 2.21 bits per heavy atom. The Labute approximate surface area is 171 Å². The first kappa shape index (κ1) is 22.2. The summed E-state index contributed by atoms with van der Waals surface area (Å²) in [6.07, 6.45) is 0. The van der Waals surface area contributed by atoms with Crippen molar-refractivity contribution in [2.24, 2.45) is 0 Å². The summed E-state index contributed by atoms with van der Waals surface area (Å²) in [4.78, 5) is 24.3. The summed E-state index contributed by atoms with van der Waals surface area (Å²) in [6.45, 7) is 6.85. The first-order chi connectivity index (χ1) is 14.0. The van der Waals surface area contributed by atoms with Crippen LogP contribution in [0.3, 0.4) is 0 Å². The number of amides is 3. The number of urea groups is 1. The highest BCUT2D eigenvalue weighted by Crippen LogP contribution is 2.31. The predicted octanol–water partition coefficient (Wildman–Crippen LogP) is 3.33. The van der Waals surface area contributed by atoms with E-state index in [2.05, 4.69) is 16.0 Å². The highest BCUT2D eigenvalue weighted by atomic mass is 16.5. The molecule has 0 aliphatic carbocycles. The van der Waals surface area contributed by atoms with Crippen LogP contribution in [0.15, 0.2) is 48.5 Å². The summed E-state index contributed by atoms with van der Waals surface area (Å²) in [5.74, 6) is 0.909. The number of rotatable bonds is 9. The third-order valence-electron chi connectivity index (χ3n) is 4.34. The molecule has 0 aromatic heterocycles. The monoisotopic (exact) mass is 399 g/mol. The molecular formula is C22H29N3O4. The van der Waals surface area contributed by atoms with Gasteiger partial charge in [-0.05, 0) is 44.0 Å². The first-order valence-electron chi connectivity index (χ1n) is 9.73. The lowest BCUT2D eigenvalue weighted by atomic mass is 10.0. The van der Waals surface area contributed by atoms with Crippen LogP contribution in [0.1, 0.15) is 44.0 Å². The molecule has 3 N–H and O–H groups in total. The fraction of sp³-hybridized carbons (Fsp3) is 0.364. The van der Waals surface area contributed by atoms with Crippen LogP contribution in [0, 0.1) is 0 Å². The minimum Gasteiger partial charge on any atom is -0.490 e. The lowest BCUT2D eigenvalue weighted by Crippen LogP contribution is -2.44. The van der Waals surface area contributed by atoms with E-state index >= 15 is 0 Å². The van der Waals surface area contributed by atoms with Crippen LogP contribution < -0.4 is 25.4 Å². The molecule has 0 aliphatic rings. The van der Waals surface area contributed by atoms with Crippen LogP contribution >= 0.6 is 0 Å². The average Bonchev–Trinajstić information content (AvgIpc) is 2.73. The molecule has 0 radical (unpaired) electrons. The molecule has 0 bridgehead atoms. The van der Waals surface area contributed by atoms with Gasteiger partial charge in [0.05, 0.1) is 13.2 Å². The molecule has 0 saturated heterocycles. The largest absolute Gasteiger partial charge is 0.490 e. The van der Waals surface area contributed by atoms with Crippen LogP contribution in [-0.4, -0.2) is 32.2 Å². The molecule has 2 rings (SSSR count).